The molecule has 0 spiro atoms. The third-order valence-corrected chi connectivity index (χ3v) is 1.85. The van der Waals surface area contributed by atoms with E-state index in [0.717, 1.165) is 38.5 Å². The first-order chi connectivity index (χ1) is 6.93. The minimum absolute atomic E-state index is 0.719. The average molecular weight is 198 g/mol. The van der Waals surface area contributed by atoms with Gasteiger partial charge >= 0.3 is 0 Å². The van der Waals surface area contributed by atoms with Gasteiger partial charge in [0.25, 0.3) is 0 Å². The molecule has 1 heterocycles. The largest absolute Gasteiger partial charge is 0.447 e. The topological polar surface area (TPSA) is 47.3 Å². The van der Waals surface area contributed by atoms with E-state index in [1.165, 1.54) is 12.8 Å². The number of nitrogens with one attached hydrogen (secondary N) is 1. The molecule has 14 heavy (non-hydrogen) atoms. The fraction of sp³-hybridized carbons (Fsp3) is 0.700. The highest BCUT2D eigenvalue weighted by Crippen LogP contribution is 1.94. The Labute approximate surface area is 84.7 Å². The van der Waals surface area contributed by atoms with E-state index in [0.29, 0.717) is 0 Å². The van der Waals surface area contributed by atoms with E-state index < -0.39 is 0 Å². The summed E-state index contributed by atoms with van der Waals surface area (Å²) in [6.45, 7) is 5.35. The standard InChI is InChI=1S/C10H18N2O2/c1-2-3-5-13-6-4-11-7-10-8-12-9-14-10/h8-9,11H,2-7H2,1H3. The highest BCUT2D eigenvalue weighted by molar-refractivity contribution is 4.86. The zero-order valence-electron chi connectivity index (χ0n) is 8.66. The Hall–Kier alpha value is -0.870. The Bertz CT molecular complexity index is 212. The van der Waals surface area contributed by atoms with Crippen molar-refractivity contribution in [3.63, 3.8) is 0 Å². The molecule has 0 aliphatic carbocycles. The number of aromatic nitrogens is 1. The van der Waals surface area contributed by atoms with E-state index in [1.807, 2.05) is 0 Å². The van der Waals surface area contributed by atoms with E-state index in [2.05, 4.69) is 17.2 Å². The zero-order valence-corrected chi connectivity index (χ0v) is 8.66. The molecule has 1 aromatic heterocycles. The Morgan fingerprint density at radius 2 is 2.43 bits per heavy atom. The van der Waals surface area contributed by atoms with Gasteiger partial charge in [-0.2, -0.15) is 0 Å². The summed E-state index contributed by atoms with van der Waals surface area (Å²) >= 11 is 0. The molecule has 0 aliphatic rings. The summed E-state index contributed by atoms with van der Waals surface area (Å²) in [6.07, 6.45) is 5.48. The van der Waals surface area contributed by atoms with Crippen LogP contribution in [-0.2, 0) is 11.3 Å². The Morgan fingerprint density at radius 3 is 3.14 bits per heavy atom. The molecule has 0 bridgehead atoms. The van der Waals surface area contributed by atoms with Crippen LogP contribution in [0, 0.1) is 0 Å². The summed E-state index contributed by atoms with van der Waals surface area (Å²) < 4.78 is 10.4. The van der Waals surface area contributed by atoms with E-state index >= 15 is 0 Å². The molecule has 0 amide bonds. The van der Waals surface area contributed by atoms with Crippen molar-refractivity contribution in [2.75, 3.05) is 19.8 Å². The van der Waals surface area contributed by atoms with Crippen LogP contribution in [0.3, 0.4) is 0 Å². The number of oxazole rings is 1. The molecule has 1 aromatic rings. The lowest BCUT2D eigenvalue weighted by Gasteiger charge is -2.03. The molecule has 0 saturated carbocycles. The number of rotatable bonds is 8. The second-order valence-corrected chi connectivity index (χ2v) is 3.11. The van der Waals surface area contributed by atoms with Gasteiger partial charge in [-0.3, -0.25) is 0 Å². The monoisotopic (exact) mass is 198 g/mol. The van der Waals surface area contributed by atoms with Gasteiger partial charge in [-0.05, 0) is 6.42 Å². The molecule has 0 radical (unpaired) electrons. The predicted molar refractivity (Wildman–Crippen MR) is 53.9 cm³/mol. The van der Waals surface area contributed by atoms with Crippen molar-refractivity contribution in [1.82, 2.24) is 10.3 Å². The highest BCUT2D eigenvalue weighted by atomic mass is 16.5. The molecular formula is C10H18N2O2. The smallest absolute Gasteiger partial charge is 0.180 e. The molecule has 0 aliphatic heterocycles. The maximum atomic E-state index is 5.38. The summed E-state index contributed by atoms with van der Waals surface area (Å²) in [4.78, 5) is 3.82. The van der Waals surface area contributed by atoms with Gasteiger partial charge in [0, 0.05) is 13.2 Å². The molecular weight excluding hydrogens is 180 g/mol. The summed E-state index contributed by atoms with van der Waals surface area (Å²) in [6, 6.07) is 0. The third kappa shape index (κ3) is 4.99. The predicted octanol–water partition coefficient (Wildman–Crippen LogP) is 1.58. The number of nitrogens with zero attached hydrogens (tertiary/aromatic N) is 1. The average Bonchev–Trinajstić information content (AvgIpc) is 2.69. The van der Waals surface area contributed by atoms with Crippen LogP contribution in [0.25, 0.3) is 0 Å². The van der Waals surface area contributed by atoms with Crippen LogP contribution in [0.1, 0.15) is 25.5 Å². The van der Waals surface area contributed by atoms with Crippen LogP contribution < -0.4 is 5.32 Å². The fourth-order valence-corrected chi connectivity index (χ4v) is 1.03. The summed E-state index contributed by atoms with van der Waals surface area (Å²) in [5.41, 5.74) is 0. The minimum Gasteiger partial charge on any atom is -0.447 e. The molecule has 4 nitrogen and oxygen atoms in total. The normalized spacial score (nSPS) is 10.6. The lowest BCUT2D eigenvalue weighted by Crippen LogP contribution is -2.19. The quantitative estimate of drug-likeness (QED) is 0.644. The molecule has 80 valence electrons. The molecule has 0 fully saturated rings. The Kier molecular flexibility index (Phi) is 6.02. The summed E-state index contributed by atoms with van der Waals surface area (Å²) in [5.74, 6) is 0.860. The van der Waals surface area contributed by atoms with Gasteiger partial charge in [0.2, 0.25) is 0 Å². The summed E-state index contributed by atoms with van der Waals surface area (Å²) in [7, 11) is 0. The first-order valence-corrected chi connectivity index (χ1v) is 5.09. The van der Waals surface area contributed by atoms with Crippen LogP contribution in [0.2, 0.25) is 0 Å². The van der Waals surface area contributed by atoms with Crippen molar-refractivity contribution in [3.8, 4) is 0 Å². The van der Waals surface area contributed by atoms with Crippen molar-refractivity contribution in [3.05, 3.63) is 18.4 Å². The van der Waals surface area contributed by atoms with Crippen LogP contribution in [0.15, 0.2) is 17.0 Å². The molecule has 0 unspecified atom stereocenters. The van der Waals surface area contributed by atoms with Crippen LogP contribution in [0.5, 0.6) is 0 Å². The van der Waals surface area contributed by atoms with Crippen LogP contribution in [0.4, 0.5) is 0 Å². The van der Waals surface area contributed by atoms with E-state index in [4.69, 9.17) is 9.15 Å². The summed E-state index contributed by atoms with van der Waals surface area (Å²) in [5, 5.41) is 3.21. The first kappa shape index (κ1) is 11.2. The Morgan fingerprint density at radius 1 is 1.50 bits per heavy atom. The number of unbranched alkanes of at least 4 members (excludes halogenated alkanes) is 1. The fourth-order valence-electron chi connectivity index (χ4n) is 1.03. The van der Waals surface area contributed by atoms with Gasteiger partial charge < -0.3 is 14.5 Å². The van der Waals surface area contributed by atoms with Gasteiger partial charge in [-0.15, -0.1) is 0 Å². The molecule has 0 saturated heterocycles. The van der Waals surface area contributed by atoms with Crippen molar-refractivity contribution in [2.24, 2.45) is 0 Å². The number of ether oxygens (including phenoxy) is 1. The first-order valence-electron chi connectivity index (χ1n) is 5.09. The van der Waals surface area contributed by atoms with E-state index in [9.17, 15) is 0 Å². The lowest BCUT2D eigenvalue weighted by atomic mass is 10.4. The second kappa shape index (κ2) is 7.53. The SMILES string of the molecule is CCCCOCCNCc1cnco1. The van der Waals surface area contributed by atoms with E-state index in [1.54, 1.807) is 6.20 Å². The van der Waals surface area contributed by atoms with Crippen LogP contribution in [-0.4, -0.2) is 24.7 Å². The maximum absolute atomic E-state index is 5.38. The van der Waals surface area contributed by atoms with Gasteiger partial charge in [-0.1, -0.05) is 13.3 Å². The van der Waals surface area contributed by atoms with Crippen LogP contribution >= 0.6 is 0 Å². The van der Waals surface area contributed by atoms with Gasteiger partial charge in [0.15, 0.2) is 6.39 Å². The molecule has 1 rings (SSSR count). The molecule has 0 atom stereocenters. The number of hydrogen-bond acceptors (Lipinski definition) is 4. The maximum Gasteiger partial charge on any atom is 0.180 e. The van der Waals surface area contributed by atoms with Gasteiger partial charge in [0.05, 0.1) is 19.3 Å². The third-order valence-electron chi connectivity index (χ3n) is 1.85. The number of hydrogen-bond donors (Lipinski definition) is 1. The second-order valence-electron chi connectivity index (χ2n) is 3.11. The minimum atomic E-state index is 0.719. The highest BCUT2D eigenvalue weighted by Gasteiger charge is 1.94. The van der Waals surface area contributed by atoms with Crippen molar-refractivity contribution < 1.29 is 9.15 Å². The molecule has 0 aromatic carbocycles. The Balaban J connectivity index is 1.85. The van der Waals surface area contributed by atoms with E-state index in [-0.39, 0.29) is 0 Å². The zero-order chi connectivity index (χ0) is 10.1. The van der Waals surface area contributed by atoms with Crippen molar-refractivity contribution >= 4 is 0 Å². The molecule has 4 heteroatoms. The lowest BCUT2D eigenvalue weighted by molar-refractivity contribution is 0.132. The van der Waals surface area contributed by atoms with Gasteiger partial charge in [-0.25, -0.2) is 4.98 Å². The van der Waals surface area contributed by atoms with Gasteiger partial charge in [0.1, 0.15) is 5.76 Å². The van der Waals surface area contributed by atoms with Crippen molar-refractivity contribution in [1.29, 1.82) is 0 Å². The van der Waals surface area contributed by atoms with Crippen molar-refractivity contribution in [2.45, 2.75) is 26.3 Å². The molecule has 1 N–H and O–H groups in total.